The van der Waals surface area contributed by atoms with Crippen molar-refractivity contribution in [1.29, 1.82) is 0 Å². The molecule has 2 amide bonds. The summed E-state index contributed by atoms with van der Waals surface area (Å²) in [5.74, 6) is -0.803. The first-order valence-electron chi connectivity index (χ1n) is 13.3. The van der Waals surface area contributed by atoms with Gasteiger partial charge in [0, 0.05) is 11.1 Å². The van der Waals surface area contributed by atoms with E-state index in [1.54, 1.807) is 31.2 Å². The smallest absolute Gasteiger partial charge is 0.432 e. The average molecular weight is 525 g/mol. The molecular weight excluding hydrogens is 488 g/mol. The summed E-state index contributed by atoms with van der Waals surface area (Å²) in [7, 11) is 0. The second-order valence-electron chi connectivity index (χ2n) is 11.9. The number of carbonyl (C=O) groups excluding carboxylic acids is 2. The Hall–Kier alpha value is -2.41. The van der Waals surface area contributed by atoms with Crippen molar-refractivity contribution in [2.45, 2.75) is 78.2 Å². The number of fused-ring (bicyclic) bond motifs is 2. The van der Waals surface area contributed by atoms with Crippen LogP contribution in [0.4, 0.5) is 4.79 Å². The molecule has 1 aliphatic heterocycles. The summed E-state index contributed by atoms with van der Waals surface area (Å²) in [6, 6.07) is 16.2. The first-order valence-corrected chi connectivity index (χ1v) is 13.7. The molecule has 7 heteroatoms. The van der Waals surface area contributed by atoms with Crippen molar-refractivity contribution in [1.82, 2.24) is 10.0 Å². The van der Waals surface area contributed by atoms with Gasteiger partial charge in [-0.15, -0.1) is 0 Å². The predicted octanol–water partition coefficient (Wildman–Crippen LogP) is 6.55. The fourth-order valence-electron chi connectivity index (χ4n) is 7.13. The monoisotopic (exact) mass is 524 g/mol. The lowest BCUT2D eigenvalue weighted by Gasteiger charge is -2.53. The van der Waals surface area contributed by atoms with Crippen LogP contribution in [0.2, 0.25) is 5.02 Å². The fraction of sp³-hybridized carbons (Fsp3) is 0.533. The second-order valence-corrected chi connectivity index (χ2v) is 12.3. The van der Waals surface area contributed by atoms with Crippen molar-refractivity contribution >= 4 is 23.6 Å². The first kappa shape index (κ1) is 26.2. The summed E-state index contributed by atoms with van der Waals surface area (Å²) in [5, 5.41) is 14.9. The van der Waals surface area contributed by atoms with E-state index in [1.165, 1.54) is 5.01 Å². The topological polar surface area (TPSA) is 70.1 Å². The molecule has 1 heterocycles. The molecule has 5 rings (SSSR count). The van der Waals surface area contributed by atoms with Crippen molar-refractivity contribution in [2.24, 2.45) is 22.7 Å². The van der Waals surface area contributed by atoms with Gasteiger partial charge in [-0.1, -0.05) is 81.8 Å². The summed E-state index contributed by atoms with van der Waals surface area (Å²) in [6.45, 7) is 10.7. The molecule has 0 aromatic heterocycles. The number of aliphatic hydroxyl groups is 1. The third-order valence-electron chi connectivity index (χ3n) is 9.97. The maximum Gasteiger partial charge on any atom is 0.432 e. The summed E-state index contributed by atoms with van der Waals surface area (Å²) >= 11 is 6.01. The van der Waals surface area contributed by atoms with Crippen LogP contribution in [0.15, 0.2) is 54.6 Å². The number of hydrogen-bond acceptors (Lipinski definition) is 5. The minimum absolute atomic E-state index is 0.000799. The zero-order valence-corrected chi connectivity index (χ0v) is 23.0. The van der Waals surface area contributed by atoms with Crippen molar-refractivity contribution in [3.8, 4) is 0 Å². The van der Waals surface area contributed by atoms with Gasteiger partial charge in [-0.25, -0.2) is 4.79 Å². The molecule has 2 bridgehead atoms. The summed E-state index contributed by atoms with van der Waals surface area (Å²) < 4.78 is 5.95. The van der Waals surface area contributed by atoms with Crippen LogP contribution in [0.1, 0.15) is 77.2 Å². The van der Waals surface area contributed by atoms with Gasteiger partial charge in [-0.3, -0.25) is 4.79 Å². The third kappa shape index (κ3) is 4.08. The van der Waals surface area contributed by atoms with E-state index < -0.39 is 30.1 Å². The zero-order chi connectivity index (χ0) is 26.7. The molecule has 2 saturated carbocycles. The molecule has 198 valence electrons. The molecular formula is C30H37ClN2O4. The van der Waals surface area contributed by atoms with Gasteiger partial charge in [0.15, 0.2) is 0 Å². The Kier molecular flexibility index (Phi) is 6.66. The predicted molar refractivity (Wildman–Crippen MR) is 142 cm³/mol. The number of ether oxygens (including phenoxy) is 1. The molecule has 1 saturated heterocycles. The molecule has 7 atom stereocenters. The molecule has 6 nitrogen and oxygen atoms in total. The lowest BCUT2D eigenvalue weighted by Crippen LogP contribution is -2.66. The van der Waals surface area contributed by atoms with Crippen LogP contribution in [0.25, 0.3) is 0 Å². The van der Waals surface area contributed by atoms with E-state index in [0.29, 0.717) is 16.5 Å². The lowest BCUT2D eigenvalue weighted by molar-refractivity contribution is -0.195. The molecule has 1 N–H and O–H groups in total. The number of hydrazine groups is 1. The van der Waals surface area contributed by atoms with Crippen LogP contribution < -0.4 is 0 Å². The minimum Gasteiger partial charge on any atom is -0.438 e. The van der Waals surface area contributed by atoms with Crippen LogP contribution in [0, 0.1) is 22.7 Å². The largest absolute Gasteiger partial charge is 0.438 e. The van der Waals surface area contributed by atoms with E-state index in [1.807, 2.05) is 42.3 Å². The number of amides is 2. The van der Waals surface area contributed by atoms with Gasteiger partial charge in [0.1, 0.15) is 6.10 Å². The maximum absolute atomic E-state index is 14.0. The van der Waals surface area contributed by atoms with Gasteiger partial charge in [-0.05, 0) is 66.2 Å². The fourth-order valence-corrected chi connectivity index (χ4v) is 7.25. The minimum atomic E-state index is -1.09. The van der Waals surface area contributed by atoms with E-state index in [9.17, 15) is 14.7 Å². The number of halogens is 1. The SMILES string of the molecule is C[C@H](C(=O)N1C(=O)O[C@H](c2ccccc2)[C@H](C)N1[C@@H]1C[C@H]2CC[C@]1(C)C2(C)C)[C@H](O)c1ccc(Cl)cc1. The van der Waals surface area contributed by atoms with Crippen LogP contribution in [0.3, 0.4) is 0 Å². The highest BCUT2D eigenvalue weighted by Gasteiger charge is 2.65. The number of carbonyl (C=O) groups is 2. The maximum atomic E-state index is 14.0. The van der Waals surface area contributed by atoms with E-state index >= 15 is 0 Å². The Bertz CT molecular complexity index is 1170. The molecule has 2 aromatic carbocycles. The Morgan fingerprint density at radius 3 is 2.32 bits per heavy atom. The molecule has 3 aliphatic rings. The first-order chi connectivity index (χ1) is 17.5. The lowest BCUT2D eigenvalue weighted by atomic mass is 9.68. The Morgan fingerprint density at radius 2 is 1.76 bits per heavy atom. The van der Waals surface area contributed by atoms with Crippen LogP contribution >= 0.6 is 11.6 Å². The second kappa shape index (κ2) is 9.40. The number of hydrogen-bond donors (Lipinski definition) is 1. The van der Waals surface area contributed by atoms with Gasteiger partial charge in [0.2, 0.25) is 0 Å². The molecule has 0 spiro atoms. The summed E-state index contributed by atoms with van der Waals surface area (Å²) in [5.41, 5.74) is 1.50. The summed E-state index contributed by atoms with van der Waals surface area (Å²) in [4.78, 5) is 27.7. The van der Waals surface area contributed by atoms with E-state index in [4.69, 9.17) is 16.3 Å². The Morgan fingerprint density at radius 1 is 1.11 bits per heavy atom. The van der Waals surface area contributed by atoms with E-state index in [-0.39, 0.29) is 22.9 Å². The molecule has 2 aliphatic carbocycles. The number of rotatable bonds is 5. The highest BCUT2D eigenvalue weighted by Crippen LogP contribution is 2.67. The highest BCUT2D eigenvalue weighted by atomic mass is 35.5. The number of imide groups is 1. The van der Waals surface area contributed by atoms with Gasteiger partial charge >= 0.3 is 6.09 Å². The van der Waals surface area contributed by atoms with E-state index in [2.05, 4.69) is 20.8 Å². The number of aliphatic hydroxyl groups excluding tert-OH is 1. The van der Waals surface area contributed by atoms with Gasteiger partial charge < -0.3 is 9.84 Å². The Balaban J connectivity index is 1.52. The number of cyclic esters (lactones) is 1. The van der Waals surface area contributed by atoms with Crippen LogP contribution in [-0.2, 0) is 9.53 Å². The molecule has 2 aromatic rings. The van der Waals surface area contributed by atoms with Crippen molar-refractivity contribution < 1.29 is 19.4 Å². The normalized spacial score (nSPS) is 32.7. The van der Waals surface area contributed by atoms with Crippen LogP contribution in [-0.4, -0.2) is 39.2 Å². The molecule has 3 fully saturated rings. The summed E-state index contributed by atoms with van der Waals surface area (Å²) in [6.07, 6.45) is 0.855. The molecule has 37 heavy (non-hydrogen) atoms. The van der Waals surface area contributed by atoms with Crippen molar-refractivity contribution in [3.05, 3.63) is 70.7 Å². The highest BCUT2D eigenvalue weighted by molar-refractivity contribution is 6.30. The van der Waals surface area contributed by atoms with Crippen LogP contribution in [0.5, 0.6) is 0 Å². The van der Waals surface area contributed by atoms with E-state index in [0.717, 1.165) is 24.8 Å². The Labute approximate surface area is 224 Å². The number of nitrogens with zero attached hydrogens (tertiary/aromatic N) is 2. The van der Waals surface area contributed by atoms with Crippen molar-refractivity contribution in [2.75, 3.05) is 0 Å². The molecule has 0 radical (unpaired) electrons. The quantitative estimate of drug-likeness (QED) is 0.480. The van der Waals surface area contributed by atoms with Gasteiger partial charge in [-0.2, -0.15) is 10.0 Å². The molecule has 0 unspecified atom stereocenters. The number of benzene rings is 2. The van der Waals surface area contributed by atoms with Crippen molar-refractivity contribution in [3.63, 3.8) is 0 Å². The van der Waals surface area contributed by atoms with Gasteiger partial charge in [0.05, 0.1) is 18.1 Å². The third-order valence-corrected chi connectivity index (χ3v) is 10.2. The zero-order valence-electron chi connectivity index (χ0n) is 22.2. The average Bonchev–Trinajstić information content (AvgIpc) is 3.23. The van der Waals surface area contributed by atoms with Gasteiger partial charge in [0.25, 0.3) is 5.91 Å². The standard InChI is InChI=1S/C30H37ClN2O4/c1-18(25(34)20-11-13-23(31)14-12-20)27(35)33-28(36)37-26(21-9-7-6-8-10-21)19(2)32(33)24-17-22-15-16-30(24,5)29(22,3)4/h6-14,18-19,22,24-26,34H,15-17H2,1-5H3/t18-,19-,22+,24+,25-,26-,30-/m0/s1.